The van der Waals surface area contributed by atoms with Gasteiger partial charge in [-0.1, -0.05) is 60.6 Å². The fourth-order valence-corrected chi connectivity index (χ4v) is 3.86. The molecule has 0 atom stereocenters. The van der Waals surface area contributed by atoms with Crippen molar-refractivity contribution < 1.29 is 22.7 Å². The Balaban J connectivity index is 1.63. The van der Waals surface area contributed by atoms with Crippen molar-refractivity contribution in [3.63, 3.8) is 0 Å². The Labute approximate surface area is 188 Å². The average Bonchev–Trinajstić information content (AvgIpc) is 3.13. The number of para-hydroxylation sites is 1. The highest BCUT2D eigenvalue weighted by molar-refractivity contribution is 7.99. The van der Waals surface area contributed by atoms with Crippen LogP contribution in [0.15, 0.2) is 53.7 Å². The molecule has 10 heteroatoms. The van der Waals surface area contributed by atoms with E-state index in [2.05, 4.69) is 20.3 Å². The number of hydrogen-bond acceptors (Lipinski definition) is 5. The Kier molecular flexibility index (Phi) is 7.79. The second-order valence-corrected chi connectivity index (χ2v) is 7.99. The molecule has 2 aromatic carbocycles. The number of rotatable bonds is 9. The van der Waals surface area contributed by atoms with Gasteiger partial charge in [0.05, 0.1) is 5.75 Å². The van der Waals surface area contributed by atoms with Crippen LogP contribution >= 0.6 is 11.8 Å². The molecule has 0 spiro atoms. The Morgan fingerprint density at radius 2 is 1.94 bits per heavy atom. The van der Waals surface area contributed by atoms with E-state index in [9.17, 15) is 18.0 Å². The molecule has 0 bridgehead atoms. The van der Waals surface area contributed by atoms with Crippen molar-refractivity contribution in [2.24, 2.45) is 0 Å². The van der Waals surface area contributed by atoms with Crippen LogP contribution in [0, 0.1) is 6.92 Å². The third-order valence-electron chi connectivity index (χ3n) is 4.45. The summed E-state index contributed by atoms with van der Waals surface area (Å²) in [5, 5.41) is 11.8. The summed E-state index contributed by atoms with van der Waals surface area (Å²) in [6.07, 6.45) is -3.93. The first kappa shape index (κ1) is 23.6. The van der Waals surface area contributed by atoms with Crippen molar-refractivity contribution in [2.75, 3.05) is 5.75 Å². The third kappa shape index (κ3) is 6.49. The monoisotopic (exact) mass is 464 g/mol. The highest BCUT2D eigenvalue weighted by atomic mass is 32.2. The molecule has 6 nitrogen and oxygen atoms in total. The molecule has 32 heavy (non-hydrogen) atoms. The summed E-state index contributed by atoms with van der Waals surface area (Å²) in [6.45, 7) is 4.66. The number of amides is 1. The number of nitrogens with zero attached hydrogens (tertiary/aromatic N) is 3. The van der Waals surface area contributed by atoms with Crippen molar-refractivity contribution >= 4 is 17.7 Å². The summed E-state index contributed by atoms with van der Waals surface area (Å²) >= 11 is 1.23. The predicted octanol–water partition coefficient (Wildman–Crippen LogP) is 4.97. The highest BCUT2D eigenvalue weighted by Crippen LogP contribution is 2.27. The molecule has 3 rings (SSSR count). The van der Waals surface area contributed by atoms with Gasteiger partial charge in [0.1, 0.15) is 5.75 Å². The fourth-order valence-electron chi connectivity index (χ4n) is 3.07. The van der Waals surface area contributed by atoms with E-state index in [0.717, 1.165) is 23.4 Å². The third-order valence-corrected chi connectivity index (χ3v) is 5.41. The number of carbonyl (C=O) groups is 1. The van der Waals surface area contributed by atoms with Gasteiger partial charge in [0.25, 0.3) is 0 Å². The van der Waals surface area contributed by atoms with Crippen LogP contribution in [0.3, 0.4) is 0 Å². The predicted molar refractivity (Wildman–Crippen MR) is 116 cm³/mol. The van der Waals surface area contributed by atoms with Gasteiger partial charge in [-0.25, -0.2) is 0 Å². The van der Waals surface area contributed by atoms with Crippen LogP contribution in [0.25, 0.3) is 11.4 Å². The summed E-state index contributed by atoms with van der Waals surface area (Å²) in [6, 6.07) is 13.7. The van der Waals surface area contributed by atoms with Crippen LogP contribution in [0.4, 0.5) is 13.2 Å². The normalized spacial score (nSPS) is 11.4. The maximum Gasteiger partial charge on any atom is 0.573 e. The molecule has 0 aliphatic heterocycles. The zero-order valence-electron chi connectivity index (χ0n) is 17.6. The SMILES string of the molecule is CCCn1c(SCC(=O)NCc2ccccc2OC(F)(F)F)nnc1-c1cccc(C)c1. The molecule has 0 aliphatic carbocycles. The van der Waals surface area contributed by atoms with Crippen LogP contribution in [0.1, 0.15) is 24.5 Å². The minimum Gasteiger partial charge on any atom is -0.405 e. The molecule has 0 unspecified atom stereocenters. The molecule has 0 radical (unpaired) electrons. The number of benzene rings is 2. The minimum absolute atomic E-state index is 0.0535. The molecule has 0 fully saturated rings. The van der Waals surface area contributed by atoms with Gasteiger partial charge in [-0.2, -0.15) is 0 Å². The number of aryl methyl sites for hydroxylation is 1. The van der Waals surface area contributed by atoms with Gasteiger partial charge >= 0.3 is 6.36 Å². The molecule has 1 heterocycles. The Morgan fingerprint density at radius 3 is 2.66 bits per heavy atom. The van der Waals surface area contributed by atoms with Gasteiger partial charge in [-0.3, -0.25) is 4.79 Å². The number of halogens is 3. The summed E-state index contributed by atoms with van der Waals surface area (Å²) in [4.78, 5) is 12.3. The number of thioether (sulfide) groups is 1. The average molecular weight is 465 g/mol. The van der Waals surface area contributed by atoms with E-state index in [1.165, 1.54) is 30.0 Å². The topological polar surface area (TPSA) is 69.0 Å². The standard InChI is InChI=1S/C22H23F3N4O2S/c1-3-11-29-20(16-9-6-7-15(2)12-16)27-28-21(29)32-14-19(30)26-13-17-8-4-5-10-18(17)31-22(23,24)25/h4-10,12H,3,11,13-14H2,1-2H3,(H,26,30). The number of alkyl halides is 3. The molecule has 0 aliphatic rings. The first-order valence-electron chi connectivity index (χ1n) is 10.00. The van der Waals surface area contributed by atoms with E-state index in [-0.39, 0.29) is 29.5 Å². The number of carbonyl (C=O) groups excluding carboxylic acids is 1. The molecule has 3 aromatic rings. The molecule has 1 aromatic heterocycles. The van der Waals surface area contributed by atoms with E-state index >= 15 is 0 Å². The van der Waals surface area contributed by atoms with E-state index in [1.807, 2.05) is 42.7 Å². The second-order valence-electron chi connectivity index (χ2n) is 7.05. The molecular weight excluding hydrogens is 441 g/mol. The van der Waals surface area contributed by atoms with Crippen molar-refractivity contribution in [1.29, 1.82) is 0 Å². The molecule has 1 amide bonds. The number of hydrogen-bond donors (Lipinski definition) is 1. The maximum absolute atomic E-state index is 12.5. The van der Waals surface area contributed by atoms with Gasteiger partial charge in [0.2, 0.25) is 5.91 Å². The smallest absolute Gasteiger partial charge is 0.405 e. The number of ether oxygens (including phenoxy) is 1. The van der Waals surface area contributed by atoms with Crippen molar-refractivity contribution in [3.8, 4) is 17.1 Å². The summed E-state index contributed by atoms with van der Waals surface area (Å²) in [5.41, 5.74) is 2.29. The first-order valence-corrected chi connectivity index (χ1v) is 11.0. The van der Waals surface area contributed by atoms with E-state index in [1.54, 1.807) is 6.07 Å². The molecule has 170 valence electrons. The number of nitrogens with one attached hydrogen (secondary N) is 1. The Morgan fingerprint density at radius 1 is 1.16 bits per heavy atom. The molecule has 0 saturated carbocycles. The minimum atomic E-state index is -4.80. The lowest BCUT2D eigenvalue weighted by atomic mass is 10.1. The lowest BCUT2D eigenvalue weighted by Gasteiger charge is -2.13. The van der Waals surface area contributed by atoms with Gasteiger partial charge in [-0.15, -0.1) is 23.4 Å². The molecule has 0 saturated heterocycles. The van der Waals surface area contributed by atoms with Gasteiger partial charge < -0.3 is 14.6 Å². The summed E-state index contributed by atoms with van der Waals surface area (Å²) < 4.78 is 43.6. The van der Waals surface area contributed by atoms with Crippen LogP contribution in [0.2, 0.25) is 0 Å². The van der Waals surface area contributed by atoms with Gasteiger partial charge in [-0.05, 0) is 25.5 Å². The van der Waals surface area contributed by atoms with Crippen LogP contribution < -0.4 is 10.1 Å². The van der Waals surface area contributed by atoms with Crippen molar-refractivity contribution in [2.45, 2.75) is 44.9 Å². The number of aromatic nitrogens is 3. The Hall–Kier alpha value is -3.01. The van der Waals surface area contributed by atoms with Gasteiger partial charge in [0, 0.05) is 24.2 Å². The zero-order valence-corrected chi connectivity index (χ0v) is 18.5. The maximum atomic E-state index is 12.5. The van der Waals surface area contributed by atoms with Crippen molar-refractivity contribution in [1.82, 2.24) is 20.1 Å². The lowest BCUT2D eigenvalue weighted by molar-refractivity contribution is -0.274. The van der Waals surface area contributed by atoms with E-state index in [0.29, 0.717) is 11.7 Å². The van der Waals surface area contributed by atoms with E-state index in [4.69, 9.17) is 0 Å². The van der Waals surface area contributed by atoms with Gasteiger partial charge in [0.15, 0.2) is 11.0 Å². The molecule has 1 N–H and O–H groups in total. The van der Waals surface area contributed by atoms with Crippen molar-refractivity contribution in [3.05, 3.63) is 59.7 Å². The largest absolute Gasteiger partial charge is 0.573 e. The Bertz CT molecular complexity index is 1070. The summed E-state index contributed by atoms with van der Waals surface area (Å²) in [5.74, 6) is 0.118. The van der Waals surface area contributed by atoms with E-state index < -0.39 is 6.36 Å². The second kappa shape index (κ2) is 10.5. The lowest BCUT2D eigenvalue weighted by Crippen LogP contribution is -2.26. The fraction of sp³-hybridized carbons (Fsp3) is 0.318. The summed E-state index contributed by atoms with van der Waals surface area (Å²) in [7, 11) is 0. The van der Waals surface area contributed by atoms with Crippen LogP contribution in [0.5, 0.6) is 5.75 Å². The highest BCUT2D eigenvalue weighted by Gasteiger charge is 2.32. The van der Waals surface area contributed by atoms with Crippen LogP contribution in [-0.2, 0) is 17.9 Å². The molecular formula is C22H23F3N4O2S. The first-order chi connectivity index (χ1) is 15.3. The van der Waals surface area contributed by atoms with Crippen LogP contribution in [-0.4, -0.2) is 32.8 Å². The quantitative estimate of drug-likeness (QED) is 0.453. The zero-order chi connectivity index (χ0) is 23.1.